The van der Waals surface area contributed by atoms with Crippen molar-refractivity contribution in [1.29, 1.82) is 0 Å². The maximum absolute atomic E-state index is 14.2. The number of nitrogens with one attached hydrogen (secondary N) is 2. The first-order valence-corrected chi connectivity index (χ1v) is 11.9. The normalized spacial score (nSPS) is 19.9. The Morgan fingerprint density at radius 1 is 1.17 bits per heavy atom. The van der Waals surface area contributed by atoms with Gasteiger partial charge in [-0.1, -0.05) is 0 Å². The molecule has 0 unspecified atom stereocenters. The number of aromatic nitrogens is 3. The van der Waals surface area contributed by atoms with Crippen molar-refractivity contribution in [3.63, 3.8) is 0 Å². The van der Waals surface area contributed by atoms with Crippen LogP contribution in [-0.4, -0.2) is 45.7 Å². The Morgan fingerprint density at radius 2 is 1.94 bits per heavy atom. The number of carbonyl (C=O) groups is 2. The van der Waals surface area contributed by atoms with Crippen LogP contribution in [0.2, 0.25) is 0 Å². The van der Waals surface area contributed by atoms with Crippen LogP contribution in [0.3, 0.4) is 0 Å². The monoisotopic (exact) mass is 481 g/mol. The van der Waals surface area contributed by atoms with Crippen LogP contribution in [0.4, 0.5) is 9.18 Å². The molecule has 0 bridgehead atoms. The molecule has 4 N–H and O–H groups in total. The maximum atomic E-state index is 14.2. The minimum absolute atomic E-state index is 0.0495. The van der Waals surface area contributed by atoms with Crippen LogP contribution in [0.15, 0.2) is 24.5 Å². The Balaban J connectivity index is 1.40. The molecule has 2 heterocycles. The number of aryl methyl sites for hydroxylation is 1. The van der Waals surface area contributed by atoms with E-state index in [4.69, 9.17) is 15.2 Å². The third-order valence-corrected chi connectivity index (χ3v) is 6.66. The number of nitrogens with zero attached hydrogens (tertiary/aromatic N) is 2. The van der Waals surface area contributed by atoms with Crippen molar-refractivity contribution >= 4 is 23.0 Å². The molecule has 35 heavy (non-hydrogen) atoms. The van der Waals surface area contributed by atoms with Crippen molar-refractivity contribution in [3.05, 3.63) is 41.6 Å². The second-order valence-corrected chi connectivity index (χ2v) is 9.35. The average molecular weight is 482 g/mol. The molecule has 2 aliphatic carbocycles. The summed E-state index contributed by atoms with van der Waals surface area (Å²) in [7, 11) is 0. The minimum Gasteiger partial charge on any atom is -0.493 e. The molecule has 10 heteroatoms. The molecule has 5 rings (SSSR count). The highest BCUT2D eigenvalue weighted by Gasteiger charge is 2.28. The highest BCUT2D eigenvalue weighted by molar-refractivity contribution is 6.09. The standard InChI is InChI=1S/C25H28FN5O4/c1-13-20(24(32)31-16-5-7-17(8-6-16)35-25(27)33)22-23(30-13)21(28-12-29-22)18-10-15(26)4-9-19(18)34-11-14-2-3-14/h4,9-10,12,14,16-17,30H,2-3,5-8,11H2,1H3,(H2,27,33)(H,31,32). The largest absolute Gasteiger partial charge is 0.493 e. The number of hydrogen-bond acceptors (Lipinski definition) is 6. The van der Waals surface area contributed by atoms with Crippen LogP contribution in [0.1, 0.15) is 54.6 Å². The summed E-state index contributed by atoms with van der Waals surface area (Å²) in [5.41, 5.74) is 8.18. The van der Waals surface area contributed by atoms with Gasteiger partial charge in [-0.25, -0.2) is 19.2 Å². The molecule has 2 fully saturated rings. The van der Waals surface area contributed by atoms with Gasteiger partial charge < -0.3 is 25.5 Å². The summed E-state index contributed by atoms with van der Waals surface area (Å²) < 4.78 is 25.3. The molecule has 0 spiro atoms. The lowest BCUT2D eigenvalue weighted by Crippen LogP contribution is -2.40. The number of halogens is 1. The highest BCUT2D eigenvalue weighted by Crippen LogP contribution is 2.37. The van der Waals surface area contributed by atoms with Crippen molar-refractivity contribution in [2.24, 2.45) is 11.7 Å². The first kappa shape index (κ1) is 23.1. The molecule has 2 aliphatic rings. The fraction of sp³-hybridized carbons (Fsp3) is 0.440. The fourth-order valence-electron chi connectivity index (χ4n) is 4.66. The van der Waals surface area contributed by atoms with E-state index in [0.29, 0.717) is 77.5 Å². The number of aromatic amines is 1. The molecule has 9 nitrogen and oxygen atoms in total. The van der Waals surface area contributed by atoms with Gasteiger partial charge in [0.05, 0.1) is 17.7 Å². The van der Waals surface area contributed by atoms with Crippen LogP contribution in [0, 0.1) is 18.7 Å². The first-order chi connectivity index (χ1) is 16.9. The smallest absolute Gasteiger partial charge is 0.404 e. The van der Waals surface area contributed by atoms with Crippen molar-refractivity contribution in [2.45, 2.75) is 57.6 Å². The van der Waals surface area contributed by atoms with Gasteiger partial charge in [0.1, 0.15) is 35.2 Å². The number of fused-ring (bicyclic) bond motifs is 1. The zero-order chi connectivity index (χ0) is 24.5. The lowest BCUT2D eigenvalue weighted by Gasteiger charge is -2.28. The topological polar surface area (TPSA) is 132 Å². The number of carbonyl (C=O) groups excluding carboxylic acids is 2. The third-order valence-electron chi connectivity index (χ3n) is 6.66. The van der Waals surface area contributed by atoms with Crippen LogP contribution in [-0.2, 0) is 4.74 Å². The average Bonchev–Trinajstić information content (AvgIpc) is 3.58. The Hall–Kier alpha value is -3.69. The molecule has 0 aliphatic heterocycles. The van der Waals surface area contributed by atoms with Gasteiger partial charge >= 0.3 is 6.09 Å². The van der Waals surface area contributed by atoms with Gasteiger partial charge in [-0.2, -0.15) is 0 Å². The van der Waals surface area contributed by atoms with Gasteiger partial charge in [-0.15, -0.1) is 0 Å². The van der Waals surface area contributed by atoms with Crippen molar-refractivity contribution in [3.8, 4) is 17.0 Å². The zero-order valence-electron chi connectivity index (χ0n) is 19.5. The summed E-state index contributed by atoms with van der Waals surface area (Å²) in [6.07, 6.45) is 5.29. The van der Waals surface area contributed by atoms with Gasteiger partial charge in [-0.05, 0) is 69.6 Å². The Bertz CT molecular complexity index is 1260. The predicted octanol–water partition coefficient (Wildman–Crippen LogP) is 4.00. The van der Waals surface area contributed by atoms with E-state index in [1.807, 2.05) is 0 Å². The molecule has 2 amide bonds. The summed E-state index contributed by atoms with van der Waals surface area (Å²) in [6, 6.07) is 4.33. The second kappa shape index (κ2) is 9.52. The van der Waals surface area contributed by atoms with Gasteiger partial charge in [0, 0.05) is 17.3 Å². The summed E-state index contributed by atoms with van der Waals surface area (Å²) in [6.45, 7) is 2.38. The fourth-order valence-corrected chi connectivity index (χ4v) is 4.66. The molecule has 1 aromatic carbocycles. The summed E-state index contributed by atoms with van der Waals surface area (Å²) >= 11 is 0. The van der Waals surface area contributed by atoms with Gasteiger partial charge in [0.15, 0.2) is 0 Å². The molecule has 3 aromatic rings. The number of hydrogen-bond donors (Lipinski definition) is 3. The molecule has 0 radical (unpaired) electrons. The minimum atomic E-state index is -0.776. The highest BCUT2D eigenvalue weighted by atomic mass is 19.1. The Morgan fingerprint density at radius 3 is 2.66 bits per heavy atom. The number of amides is 2. The quantitative estimate of drug-likeness (QED) is 0.467. The molecule has 0 saturated heterocycles. The molecule has 184 valence electrons. The lowest BCUT2D eigenvalue weighted by atomic mass is 9.92. The summed E-state index contributed by atoms with van der Waals surface area (Å²) in [5, 5.41) is 3.07. The van der Waals surface area contributed by atoms with Gasteiger partial charge in [0.2, 0.25) is 0 Å². The number of rotatable bonds is 7. The van der Waals surface area contributed by atoms with E-state index < -0.39 is 11.9 Å². The van der Waals surface area contributed by atoms with E-state index in [9.17, 15) is 14.0 Å². The van der Waals surface area contributed by atoms with E-state index in [1.165, 1.54) is 18.5 Å². The van der Waals surface area contributed by atoms with Crippen LogP contribution < -0.4 is 15.8 Å². The van der Waals surface area contributed by atoms with Gasteiger partial charge in [-0.3, -0.25) is 4.79 Å². The van der Waals surface area contributed by atoms with E-state index in [2.05, 4.69) is 20.3 Å². The number of ether oxygens (including phenoxy) is 2. The Kier molecular flexibility index (Phi) is 6.27. The van der Waals surface area contributed by atoms with E-state index in [1.54, 1.807) is 13.0 Å². The second-order valence-electron chi connectivity index (χ2n) is 9.35. The van der Waals surface area contributed by atoms with Crippen molar-refractivity contribution in [2.75, 3.05) is 6.61 Å². The predicted molar refractivity (Wildman–Crippen MR) is 126 cm³/mol. The molecule has 2 aromatic heterocycles. The van der Waals surface area contributed by atoms with E-state index >= 15 is 0 Å². The zero-order valence-corrected chi connectivity index (χ0v) is 19.5. The maximum Gasteiger partial charge on any atom is 0.404 e. The molecular formula is C25H28FN5O4. The number of H-pyrrole nitrogens is 1. The number of nitrogens with two attached hydrogens (primary N) is 1. The number of primary amides is 1. The SMILES string of the molecule is Cc1[nH]c2c(-c3cc(F)ccc3OCC3CC3)ncnc2c1C(=O)NC1CCC(OC(N)=O)CC1. The van der Waals surface area contributed by atoms with Crippen LogP contribution in [0.25, 0.3) is 22.3 Å². The Labute approximate surface area is 201 Å². The van der Waals surface area contributed by atoms with Crippen LogP contribution in [0.5, 0.6) is 5.75 Å². The first-order valence-electron chi connectivity index (χ1n) is 11.9. The van der Waals surface area contributed by atoms with Gasteiger partial charge in [0.25, 0.3) is 5.91 Å². The van der Waals surface area contributed by atoms with Crippen molar-refractivity contribution < 1.29 is 23.5 Å². The number of benzene rings is 1. The molecular weight excluding hydrogens is 453 g/mol. The summed E-state index contributed by atoms with van der Waals surface area (Å²) in [5.74, 6) is 0.440. The summed E-state index contributed by atoms with van der Waals surface area (Å²) in [4.78, 5) is 36.2. The lowest BCUT2D eigenvalue weighted by molar-refractivity contribution is 0.0711. The molecule has 2 saturated carbocycles. The third kappa shape index (κ3) is 5.06. The van der Waals surface area contributed by atoms with E-state index in [0.717, 1.165) is 12.8 Å². The molecule has 0 atom stereocenters. The van der Waals surface area contributed by atoms with Crippen molar-refractivity contribution in [1.82, 2.24) is 20.3 Å². The van der Waals surface area contributed by atoms with Crippen LogP contribution >= 0.6 is 0 Å². The van der Waals surface area contributed by atoms with E-state index in [-0.39, 0.29) is 18.1 Å².